The summed E-state index contributed by atoms with van der Waals surface area (Å²) in [6, 6.07) is 8.29. The van der Waals surface area contributed by atoms with Gasteiger partial charge in [0.05, 0.1) is 0 Å². The molecule has 0 saturated carbocycles. The zero-order valence-corrected chi connectivity index (χ0v) is 14.8. The van der Waals surface area contributed by atoms with Crippen molar-refractivity contribution in [2.24, 2.45) is 5.92 Å². The summed E-state index contributed by atoms with van der Waals surface area (Å²) in [5, 5.41) is 13.2. The highest BCUT2D eigenvalue weighted by Gasteiger charge is 2.23. The molecule has 0 aromatic heterocycles. The highest BCUT2D eigenvalue weighted by molar-refractivity contribution is 5.30. The third-order valence-electron chi connectivity index (χ3n) is 4.85. The Morgan fingerprint density at radius 1 is 1.30 bits per heavy atom. The monoisotopic (exact) mass is 316 g/mol. The number of hydrogen-bond donors (Lipinski definition) is 2. The molecule has 1 aliphatic heterocycles. The molecule has 1 aromatic carbocycles. The summed E-state index contributed by atoms with van der Waals surface area (Å²) in [5.74, 6) is 1.60. The molecule has 1 aliphatic rings. The molecule has 1 heterocycles. The van der Waals surface area contributed by atoms with E-state index in [4.69, 9.17) is 0 Å². The second kappa shape index (κ2) is 8.97. The largest absolute Gasteiger partial charge is 0.508 e. The Morgan fingerprint density at radius 2 is 2.04 bits per heavy atom. The van der Waals surface area contributed by atoms with E-state index in [-0.39, 0.29) is 0 Å². The summed E-state index contributed by atoms with van der Waals surface area (Å²) in [5.41, 5.74) is 1.29. The first-order valence-electron chi connectivity index (χ1n) is 9.02. The van der Waals surface area contributed by atoms with E-state index < -0.39 is 0 Å². The molecule has 0 aliphatic carbocycles. The van der Waals surface area contributed by atoms with Crippen LogP contribution in [0, 0.1) is 5.92 Å². The molecule has 128 valence electrons. The zero-order chi connectivity index (χ0) is 16.7. The quantitative estimate of drug-likeness (QED) is 0.794. The van der Waals surface area contributed by atoms with Gasteiger partial charge in [-0.3, -0.25) is 0 Å². The minimum absolute atomic E-state index is 0.386. The average molecular weight is 316 g/mol. The third-order valence-corrected chi connectivity index (χ3v) is 4.85. The second-order valence-corrected chi connectivity index (χ2v) is 7.00. The predicted molar refractivity (Wildman–Crippen MR) is 97.7 cm³/mol. The van der Waals surface area contributed by atoms with Crippen LogP contribution < -0.4 is 5.32 Å². The second-order valence-electron chi connectivity index (χ2n) is 7.00. The number of phenolic OH excluding ortho intramolecular Hbond substituents is 1. The van der Waals surface area contributed by atoms with E-state index in [0.717, 1.165) is 26.1 Å². The van der Waals surface area contributed by atoms with Crippen molar-refractivity contribution in [3.05, 3.63) is 42.1 Å². The van der Waals surface area contributed by atoms with Crippen LogP contribution in [0.2, 0.25) is 0 Å². The van der Waals surface area contributed by atoms with Crippen LogP contribution in [0.3, 0.4) is 0 Å². The highest BCUT2D eigenvalue weighted by Crippen LogP contribution is 2.29. The van der Waals surface area contributed by atoms with Crippen molar-refractivity contribution in [2.45, 2.75) is 52.0 Å². The van der Waals surface area contributed by atoms with Crippen LogP contribution in [-0.4, -0.2) is 35.7 Å². The SMILES string of the molecule is CC/C=C\N[C@H](CN1CCC(c2cccc(O)c2)CC1)C(C)C. The highest BCUT2D eigenvalue weighted by atomic mass is 16.3. The number of piperidine rings is 1. The summed E-state index contributed by atoms with van der Waals surface area (Å²) in [4.78, 5) is 2.58. The van der Waals surface area contributed by atoms with Crippen LogP contribution in [0.15, 0.2) is 36.5 Å². The van der Waals surface area contributed by atoms with E-state index in [1.54, 1.807) is 6.07 Å². The number of phenols is 1. The maximum Gasteiger partial charge on any atom is 0.115 e. The van der Waals surface area contributed by atoms with Gasteiger partial charge in [-0.25, -0.2) is 0 Å². The number of aromatic hydroxyl groups is 1. The van der Waals surface area contributed by atoms with Gasteiger partial charge in [0, 0.05) is 12.6 Å². The maximum atomic E-state index is 9.65. The first-order valence-corrected chi connectivity index (χ1v) is 9.02. The first kappa shape index (κ1) is 17.9. The average Bonchev–Trinajstić information content (AvgIpc) is 2.54. The Balaban J connectivity index is 1.84. The molecular weight excluding hydrogens is 284 g/mol. The van der Waals surface area contributed by atoms with Crippen LogP contribution in [0.4, 0.5) is 0 Å². The number of rotatable bonds is 7. The van der Waals surface area contributed by atoms with Gasteiger partial charge in [0.25, 0.3) is 0 Å². The fraction of sp³-hybridized carbons (Fsp3) is 0.600. The minimum atomic E-state index is 0.386. The Morgan fingerprint density at radius 3 is 2.65 bits per heavy atom. The van der Waals surface area contributed by atoms with Crippen molar-refractivity contribution in [1.29, 1.82) is 0 Å². The fourth-order valence-electron chi connectivity index (χ4n) is 3.27. The molecule has 0 radical (unpaired) electrons. The van der Waals surface area contributed by atoms with Gasteiger partial charge in [-0.15, -0.1) is 0 Å². The lowest BCUT2D eigenvalue weighted by atomic mass is 9.89. The smallest absolute Gasteiger partial charge is 0.115 e. The summed E-state index contributed by atoms with van der Waals surface area (Å²) in [7, 11) is 0. The lowest BCUT2D eigenvalue weighted by Gasteiger charge is -2.35. The van der Waals surface area contributed by atoms with Gasteiger partial charge >= 0.3 is 0 Å². The normalized spacial score (nSPS) is 18.6. The molecule has 0 amide bonds. The number of nitrogens with one attached hydrogen (secondary N) is 1. The van der Waals surface area contributed by atoms with Crippen LogP contribution in [0.5, 0.6) is 5.75 Å². The standard InChI is InChI=1S/C20H32N2O/c1-4-5-11-21-20(16(2)3)15-22-12-9-17(10-13-22)18-7-6-8-19(23)14-18/h5-8,11,14,16-17,20-21,23H,4,9-10,12-13,15H2,1-3H3/b11-5-/t20-/m1/s1. The number of allylic oxidation sites excluding steroid dienone is 1. The molecule has 3 nitrogen and oxygen atoms in total. The van der Waals surface area contributed by atoms with E-state index in [1.165, 1.54) is 18.4 Å². The Hall–Kier alpha value is -1.48. The van der Waals surface area contributed by atoms with Gasteiger partial charge in [0.2, 0.25) is 0 Å². The molecular formula is C20H32N2O. The summed E-state index contributed by atoms with van der Waals surface area (Å²) >= 11 is 0. The van der Waals surface area contributed by atoms with Gasteiger partial charge in [-0.05, 0) is 68.1 Å². The molecule has 2 rings (SSSR count). The number of nitrogens with zero attached hydrogens (tertiary/aromatic N) is 1. The molecule has 3 heteroatoms. The lowest BCUT2D eigenvalue weighted by molar-refractivity contribution is 0.181. The van der Waals surface area contributed by atoms with Crippen LogP contribution in [0.25, 0.3) is 0 Å². The van der Waals surface area contributed by atoms with Gasteiger partial charge in [0.15, 0.2) is 0 Å². The molecule has 1 atom stereocenters. The molecule has 1 saturated heterocycles. The predicted octanol–water partition coefficient (Wildman–Crippen LogP) is 4.11. The van der Waals surface area contributed by atoms with E-state index >= 15 is 0 Å². The topological polar surface area (TPSA) is 35.5 Å². The van der Waals surface area contributed by atoms with Gasteiger partial charge in [0.1, 0.15) is 5.75 Å². The van der Waals surface area contributed by atoms with Crippen molar-refractivity contribution in [2.75, 3.05) is 19.6 Å². The Kier molecular flexibility index (Phi) is 6.97. The van der Waals surface area contributed by atoms with E-state index in [0.29, 0.717) is 23.6 Å². The van der Waals surface area contributed by atoms with Crippen molar-refractivity contribution in [3.8, 4) is 5.75 Å². The number of likely N-dealkylation sites (tertiary alicyclic amines) is 1. The maximum absolute atomic E-state index is 9.65. The van der Waals surface area contributed by atoms with Gasteiger partial charge in [-0.2, -0.15) is 0 Å². The molecule has 0 unspecified atom stereocenters. The van der Waals surface area contributed by atoms with Crippen LogP contribution in [-0.2, 0) is 0 Å². The molecule has 2 N–H and O–H groups in total. The van der Waals surface area contributed by atoms with E-state index in [1.807, 2.05) is 12.1 Å². The number of benzene rings is 1. The fourth-order valence-corrected chi connectivity index (χ4v) is 3.27. The molecule has 0 bridgehead atoms. The van der Waals surface area contributed by atoms with Crippen molar-refractivity contribution in [1.82, 2.24) is 10.2 Å². The van der Waals surface area contributed by atoms with Crippen LogP contribution in [0.1, 0.15) is 51.5 Å². The number of hydrogen-bond acceptors (Lipinski definition) is 3. The van der Waals surface area contributed by atoms with Gasteiger partial charge < -0.3 is 15.3 Å². The zero-order valence-electron chi connectivity index (χ0n) is 14.8. The lowest BCUT2D eigenvalue weighted by Crippen LogP contribution is -2.45. The molecule has 1 fully saturated rings. The van der Waals surface area contributed by atoms with E-state index in [9.17, 15) is 5.11 Å². The molecule has 23 heavy (non-hydrogen) atoms. The Bertz CT molecular complexity index is 490. The van der Waals surface area contributed by atoms with Crippen molar-refractivity contribution in [3.63, 3.8) is 0 Å². The summed E-state index contributed by atoms with van der Waals surface area (Å²) in [6.45, 7) is 10.1. The molecule has 1 aromatic rings. The van der Waals surface area contributed by atoms with Crippen molar-refractivity contribution < 1.29 is 5.11 Å². The van der Waals surface area contributed by atoms with Crippen LogP contribution >= 0.6 is 0 Å². The Labute approximate surface area is 141 Å². The van der Waals surface area contributed by atoms with Crippen molar-refractivity contribution >= 4 is 0 Å². The summed E-state index contributed by atoms with van der Waals surface area (Å²) in [6.07, 6.45) is 7.74. The summed E-state index contributed by atoms with van der Waals surface area (Å²) < 4.78 is 0. The molecule has 0 spiro atoms. The van der Waals surface area contributed by atoms with Gasteiger partial charge in [-0.1, -0.05) is 39.0 Å². The first-order chi connectivity index (χ1) is 11.1. The third kappa shape index (κ3) is 5.58. The van der Waals surface area contributed by atoms with E-state index in [2.05, 4.69) is 49.3 Å². The minimum Gasteiger partial charge on any atom is -0.508 e.